The fourth-order valence-corrected chi connectivity index (χ4v) is 5.18. The zero-order valence-electron chi connectivity index (χ0n) is 19.5. The standard InChI is InChI=1S/C28H18F3N5OS/c29-28(30,31)18-7-3-6-17(13-18)26(37)33-19-8-4-9-20(15-19)34-27-35-21-11-12-32-24(21)25(36-27)23-14-16-5-1-2-10-22(16)38-23/h1-15,32H,(H,33,37)(H,34,35,36). The number of alkyl halides is 3. The van der Waals surface area contributed by atoms with Crippen molar-refractivity contribution in [3.63, 3.8) is 0 Å². The van der Waals surface area contributed by atoms with Gasteiger partial charge < -0.3 is 15.6 Å². The van der Waals surface area contributed by atoms with Gasteiger partial charge in [-0.05, 0) is 60.0 Å². The van der Waals surface area contributed by atoms with Gasteiger partial charge in [-0.2, -0.15) is 13.2 Å². The van der Waals surface area contributed by atoms with Crippen LogP contribution in [-0.4, -0.2) is 20.9 Å². The Hall–Kier alpha value is -4.70. The molecule has 0 saturated carbocycles. The van der Waals surface area contributed by atoms with Gasteiger partial charge in [0, 0.05) is 27.8 Å². The average molecular weight is 530 g/mol. The minimum Gasteiger partial charge on any atom is -0.358 e. The molecule has 3 N–H and O–H groups in total. The van der Waals surface area contributed by atoms with Crippen molar-refractivity contribution >= 4 is 55.7 Å². The minimum atomic E-state index is -4.53. The van der Waals surface area contributed by atoms with Crippen LogP contribution in [-0.2, 0) is 6.18 Å². The molecule has 0 aliphatic heterocycles. The number of rotatable bonds is 5. The number of carbonyl (C=O) groups is 1. The monoisotopic (exact) mass is 529 g/mol. The summed E-state index contributed by atoms with van der Waals surface area (Å²) in [5, 5.41) is 6.96. The topological polar surface area (TPSA) is 82.7 Å². The molecular weight excluding hydrogens is 511 g/mol. The quantitative estimate of drug-likeness (QED) is 0.212. The number of aromatic nitrogens is 3. The molecule has 3 aromatic heterocycles. The fourth-order valence-electron chi connectivity index (χ4n) is 4.12. The number of fused-ring (bicyclic) bond motifs is 2. The number of carbonyl (C=O) groups excluding carboxylic acids is 1. The van der Waals surface area contributed by atoms with Crippen LogP contribution in [0.15, 0.2) is 91.1 Å². The van der Waals surface area contributed by atoms with Gasteiger partial charge in [0.1, 0.15) is 5.69 Å². The van der Waals surface area contributed by atoms with E-state index < -0.39 is 17.6 Å². The smallest absolute Gasteiger partial charge is 0.358 e. The molecule has 6 nitrogen and oxygen atoms in total. The molecule has 0 unspecified atom stereocenters. The molecule has 6 aromatic rings. The molecule has 1 amide bonds. The number of H-pyrrole nitrogens is 1. The van der Waals surface area contributed by atoms with Crippen LogP contribution in [0.4, 0.5) is 30.5 Å². The van der Waals surface area contributed by atoms with E-state index in [1.807, 2.05) is 24.4 Å². The molecule has 0 aliphatic rings. The lowest BCUT2D eigenvalue weighted by atomic mass is 10.1. The molecule has 6 rings (SSSR count). The predicted molar refractivity (Wildman–Crippen MR) is 144 cm³/mol. The second-order valence-electron chi connectivity index (χ2n) is 8.52. The molecule has 0 atom stereocenters. The van der Waals surface area contributed by atoms with Crippen molar-refractivity contribution in [2.24, 2.45) is 0 Å². The summed E-state index contributed by atoms with van der Waals surface area (Å²) in [6.07, 6.45) is -2.72. The van der Waals surface area contributed by atoms with Gasteiger partial charge in [-0.1, -0.05) is 30.3 Å². The highest BCUT2D eigenvalue weighted by Crippen LogP contribution is 2.36. The first-order valence-electron chi connectivity index (χ1n) is 11.5. The summed E-state index contributed by atoms with van der Waals surface area (Å²) in [5.41, 5.74) is 2.36. The first-order chi connectivity index (χ1) is 18.3. The molecule has 38 heavy (non-hydrogen) atoms. The Bertz CT molecular complexity index is 1770. The zero-order chi connectivity index (χ0) is 26.3. The molecule has 0 radical (unpaired) electrons. The average Bonchev–Trinajstić information content (AvgIpc) is 3.55. The van der Waals surface area contributed by atoms with E-state index in [2.05, 4.69) is 38.8 Å². The van der Waals surface area contributed by atoms with E-state index in [9.17, 15) is 18.0 Å². The van der Waals surface area contributed by atoms with Crippen LogP contribution < -0.4 is 10.6 Å². The number of nitrogens with one attached hydrogen (secondary N) is 3. The van der Waals surface area contributed by atoms with Crippen molar-refractivity contribution in [1.29, 1.82) is 0 Å². The number of benzene rings is 3. The highest BCUT2D eigenvalue weighted by molar-refractivity contribution is 7.22. The van der Waals surface area contributed by atoms with E-state index in [0.717, 1.165) is 43.8 Å². The first-order valence-corrected chi connectivity index (χ1v) is 12.3. The van der Waals surface area contributed by atoms with Gasteiger partial charge in [0.25, 0.3) is 5.91 Å². The van der Waals surface area contributed by atoms with Gasteiger partial charge in [-0.25, -0.2) is 9.97 Å². The van der Waals surface area contributed by atoms with E-state index in [-0.39, 0.29) is 5.56 Å². The van der Waals surface area contributed by atoms with Gasteiger partial charge >= 0.3 is 6.18 Å². The summed E-state index contributed by atoms with van der Waals surface area (Å²) in [6, 6.07) is 23.2. The molecule has 10 heteroatoms. The fraction of sp³-hybridized carbons (Fsp3) is 0.0357. The number of halogens is 3. The van der Waals surface area contributed by atoms with Crippen molar-refractivity contribution in [1.82, 2.24) is 15.0 Å². The lowest BCUT2D eigenvalue weighted by Gasteiger charge is -2.11. The van der Waals surface area contributed by atoms with Crippen LogP contribution in [0.25, 0.3) is 31.7 Å². The summed E-state index contributed by atoms with van der Waals surface area (Å²) in [4.78, 5) is 26.2. The molecule has 0 bridgehead atoms. The SMILES string of the molecule is O=C(Nc1cccc(Nc2nc(-c3cc4ccccc4s3)c3[nH]ccc3n2)c1)c1cccc(C(F)(F)F)c1. The number of nitrogens with zero attached hydrogens (tertiary/aromatic N) is 2. The minimum absolute atomic E-state index is 0.0904. The van der Waals surface area contributed by atoms with Crippen molar-refractivity contribution < 1.29 is 18.0 Å². The molecule has 3 heterocycles. The summed E-state index contributed by atoms with van der Waals surface area (Å²) in [6.45, 7) is 0. The van der Waals surface area contributed by atoms with Crippen LogP contribution in [0.2, 0.25) is 0 Å². The van der Waals surface area contributed by atoms with E-state index in [0.29, 0.717) is 17.3 Å². The Morgan fingerprint density at radius 2 is 1.68 bits per heavy atom. The molecule has 0 spiro atoms. The number of thiophene rings is 1. The predicted octanol–water partition coefficient (Wildman–Crippen LogP) is 7.85. The first kappa shape index (κ1) is 23.7. The Morgan fingerprint density at radius 3 is 2.53 bits per heavy atom. The maximum absolute atomic E-state index is 13.0. The van der Waals surface area contributed by atoms with Gasteiger partial charge in [-0.3, -0.25) is 4.79 Å². The second-order valence-corrected chi connectivity index (χ2v) is 9.60. The van der Waals surface area contributed by atoms with Crippen LogP contribution in [0, 0.1) is 0 Å². The maximum Gasteiger partial charge on any atom is 0.416 e. The largest absolute Gasteiger partial charge is 0.416 e. The summed E-state index contributed by atoms with van der Waals surface area (Å²) in [5.74, 6) is -0.281. The van der Waals surface area contributed by atoms with Crippen molar-refractivity contribution in [2.75, 3.05) is 10.6 Å². The number of amides is 1. The maximum atomic E-state index is 13.0. The highest BCUT2D eigenvalue weighted by Gasteiger charge is 2.30. The van der Waals surface area contributed by atoms with Crippen molar-refractivity contribution in [3.05, 3.63) is 102 Å². The van der Waals surface area contributed by atoms with Gasteiger partial charge in [0.05, 0.1) is 21.5 Å². The number of hydrogen-bond acceptors (Lipinski definition) is 5. The lowest BCUT2D eigenvalue weighted by Crippen LogP contribution is -2.14. The van der Waals surface area contributed by atoms with Crippen LogP contribution in [0.5, 0.6) is 0 Å². The third-order valence-corrected chi connectivity index (χ3v) is 7.02. The van der Waals surface area contributed by atoms with Crippen molar-refractivity contribution in [3.8, 4) is 10.6 Å². The number of hydrogen-bond donors (Lipinski definition) is 3. The summed E-state index contributed by atoms with van der Waals surface area (Å²) in [7, 11) is 0. The van der Waals surface area contributed by atoms with Crippen LogP contribution in [0.1, 0.15) is 15.9 Å². The van der Waals surface area contributed by atoms with E-state index in [1.54, 1.807) is 35.6 Å². The van der Waals surface area contributed by atoms with Gasteiger partial charge in [-0.15, -0.1) is 11.3 Å². The second kappa shape index (κ2) is 9.31. The number of aromatic amines is 1. The Kier molecular flexibility index (Phi) is 5.80. The normalized spacial score (nSPS) is 11.7. The van der Waals surface area contributed by atoms with E-state index in [1.165, 1.54) is 12.1 Å². The molecule has 188 valence electrons. The number of anilines is 3. The van der Waals surface area contributed by atoms with Gasteiger partial charge in [0.2, 0.25) is 5.95 Å². The Balaban J connectivity index is 1.27. The summed E-state index contributed by atoms with van der Waals surface area (Å²) >= 11 is 1.64. The van der Waals surface area contributed by atoms with E-state index in [4.69, 9.17) is 4.98 Å². The highest BCUT2D eigenvalue weighted by atomic mass is 32.1. The molecular formula is C28H18F3N5OS. The molecule has 0 aliphatic carbocycles. The van der Waals surface area contributed by atoms with Gasteiger partial charge in [0.15, 0.2) is 0 Å². The summed E-state index contributed by atoms with van der Waals surface area (Å²) < 4.78 is 40.3. The molecule has 0 fully saturated rings. The third-order valence-electron chi connectivity index (χ3n) is 5.89. The molecule has 3 aromatic carbocycles. The van der Waals surface area contributed by atoms with E-state index >= 15 is 0 Å². The van der Waals surface area contributed by atoms with Crippen LogP contribution >= 0.6 is 11.3 Å². The Labute approximate surface area is 218 Å². The molecule has 0 saturated heterocycles. The van der Waals surface area contributed by atoms with Crippen LogP contribution in [0.3, 0.4) is 0 Å². The van der Waals surface area contributed by atoms with Crippen molar-refractivity contribution in [2.45, 2.75) is 6.18 Å². The lowest BCUT2D eigenvalue weighted by molar-refractivity contribution is -0.137. The Morgan fingerprint density at radius 1 is 0.868 bits per heavy atom. The third kappa shape index (κ3) is 4.69. The zero-order valence-corrected chi connectivity index (χ0v) is 20.3.